The zero-order chi connectivity index (χ0) is 13.7. The van der Waals surface area contributed by atoms with E-state index in [9.17, 15) is 8.42 Å². The minimum Gasteiger partial charge on any atom is -0.212 e. The van der Waals surface area contributed by atoms with Crippen LogP contribution in [0.25, 0.3) is 0 Å². The molecule has 0 aliphatic carbocycles. The van der Waals surface area contributed by atoms with Gasteiger partial charge in [-0.2, -0.15) is 5.26 Å². The second-order valence-electron chi connectivity index (χ2n) is 4.85. The first-order valence-corrected chi connectivity index (χ1v) is 8.14. The Morgan fingerprint density at radius 1 is 1.21 bits per heavy atom. The van der Waals surface area contributed by atoms with Crippen molar-refractivity contribution >= 4 is 10.0 Å². The number of sulfonamides is 1. The third-order valence-electron chi connectivity index (χ3n) is 3.52. The Morgan fingerprint density at radius 3 is 2.42 bits per heavy atom. The molecule has 1 aromatic rings. The molecule has 19 heavy (non-hydrogen) atoms. The van der Waals surface area contributed by atoms with Crippen molar-refractivity contribution in [2.45, 2.75) is 19.3 Å². The van der Waals surface area contributed by atoms with Crippen LogP contribution in [0, 0.1) is 17.2 Å². The van der Waals surface area contributed by atoms with Gasteiger partial charge in [0.05, 0.1) is 11.8 Å². The lowest BCUT2D eigenvalue weighted by Crippen LogP contribution is -2.39. The summed E-state index contributed by atoms with van der Waals surface area (Å²) in [5.74, 6) is 0.161. The molecule has 0 aromatic heterocycles. The molecule has 0 unspecified atom stereocenters. The van der Waals surface area contributed by atoms with Gasteiger partial charge in [0.25, 0.3) is 0 Å². The highest BCUT2D eigenvalue weighted by Crippen LogP contribution is 2.19. The van der Waals surface area contributed by atoms with Crippen LogP contribution in [0.3, 0.4) is 0 Å². The number of nitriles is 1. The summed E-state index contributed by atoms with van der Waals surface area (Å²) >= 11 is 0. The van der Waals surface area contributed by atoms with Gasteiger partial charge in [-0.15, -0.1) is 0 Å². The van der Waals surface area contributed by atoms with Crippen LogP contribution in [0.4, 0.5) is 0 Å². The van der Waals surface area contributed by atoms with Crippen LogP contribution in [0.15, 0.2) is 30.3 Å². The third-order valence-corrected chi connectivity index (χ3v) is 5.39. The quantitative estimate of drug-likeness (QED) is 0.843. The molecule has 0 N–H and O–H groups in total. The van der Waals surface area contributed by atoms with Gasteiger partial charge >= 0.3 is 0 Å². The highest BCUT2D eigenvalue weighted by atomic mass is 32.2. The van der Waals surface area contributed by atoms with Crippen LogP contribution in [-0.2, 0) is 16.4 Å². The van der Waals surface area contributed by atoms with E-state index in [1.54, 1.807) is 0 Å². The molecule has 1 aliphatic heterocycles. The van der Waals surface area contributed by atoms with Crippen molar-refractivity contribution in [1.29, 1.82) is 5.26 Å². The lowest BCUT2D eigenvalue weighted by atomic mass is 10.0. The van der Waals surface area contributed by atoms with E-state index in [-0.39, 0.29) is 11.7 Å². The SMILES string of the molecule is N#CC1CCN(S(=O)(=O)CCc2ccccc2)CC1. The van der Waals surface area contributed by atoms with E-state index >= 15 is 0 Å². The molecule has 0 saturated carbocycles. The topological polar surface area (TPSA) is 61.2 Å². The van der Waals surface area contributed by atoms with Gasteiger partial charge in [0.15, 0.2) is 0 Å². The molecular weight excluding hydrogens is 260 g/mol. The Bertz CT molecular complexity index is 541. The molecule has 1 fully saturated rings. The van der Waals surface area contributed by atoms with E-state index in [1.807, 2.05) is 30.3 Å². The van der Waals surface area contributed by atoms with E-state index < -0.39 is 10.0 Å². The number of aryl methyl sites for hydroxylation is 1. The molecule has 2 rings (SSSR count). The van der Waals surface area contributed by atoms with Gasteiger partial charge in [0, 0.05) is 19.0 Å². The molecular formula is C14H18N2O2S. The van der Waals surface area contributed by atoms with Crippen LogP contribution in [0.2, 0.25) is 0 Å². The molecule has 1 saturated heterocycles. The lowest BCUT2D eigenvalue weighted by Gasteiger charge is -2.28. The van der Waals surface area contributed by atoms with Gasteiger partial charge in [0.1, 0.15) is 0 Å². The monoisotopic (exact) mass is 278 g/mol. The summed E-state index contributed by atoms with van der Waals surface area (Å²) < 4.78 is 25.9. The van der Waals surface area contributed by atoms with Crippen LogP contribution >= 0.6 is 0 Å². The maximum atomic E-state index is 12.2. The number of piperidine rings is 1. The molecule has 0 radical (unpaired) electrons. The van der Waals surface area contributed by atoms with E-state index in [2.05, 4.69) is 6.07 Å². The van der Waals surface area contributed by atoms with Gasteiger partial charge < -0.3 is 0 Å². The molecule has 1 heterocycles. The first kappa shape index (κ1) is 14.0. The van der Waals surface area contributed by atoms with Crippen molar-refractivity contribution in [2.24, 2.45) is 5.92 Å². The molecule has 0 amide bonds. The summed E-state index contributed by atoms with van der Waals surface area (Å²) in [5.41, 5.74) is 1.04. The molecule has 0 atom stereocenters. The highest BCUT2D eigenvalue weighted by molar-refractivity contribution is 7.89. The summed E-state index contributed by atoms with van der Waals surface area (Å²) in [6.45, 7) is 0.963. The van der Waals surface area contributed by atoms with Crippen molar-refractivity contribution in [2.75, 3.05) is 18.8 Å². The van der Waals surface area contributed by atoms with Gasteiger partial charge in [-0.1, -0.05) is 30.3 Å². The van der Waals surface area contributed by atoms with Crippen LogP contribution in [0.1, 0.15) is 18.4 Å². The van der Waals surface area contributed by atoms with Crippen LogP contribution < -0.4 is 0 Å². The zero-order valence-electron chi connectivity index (χ0n) is 10.8. The molecule has 0 spiro atoms. The van der Waals surface area contributed by atoms with Crippen LogP contribution in [0.5, 0.6) is 0 Å². The van der Waals surface area contributed by atoms with E-state index in [0.29, 0.717) is 32.4 Å². The van der Waals surface area contributed by atoms with E-state index in [4.69, 9.17) is 5.26 Å². The van der Waals surface area contributed by atoms with Crippen molar-refractivity contribution < 1.29 is 8.42 Å². The van der Waals surface area contributed by atoms with Crippen molar-refractivity contribution in [1.82, 2.24) is 4.31 Å². The maximum absolute atomic E-state index is 12.2. The molecule has 5 heteroatoms. The fourth-order valence-corrected chi connectivity index (χ4v) is 3.80. The summed E-state index contributed by atoms with van der Waals surface area (Å²) in [4.78, 5) is 0. The number of hydrogen-bond donors (Lipinski definition) is 0. The van der Waals surface area contributed by atoms with Crippen molar-refractivity contribution in [3.8, 4) is 6.07 Å². The number of hydrogen-bond acceptors (Lipinski definition) is 3. The first-order chi connectivity index (χ1) is 9.12. The summed E-state index contributed by atoms with van der Waals surface area (Å²) in [6.07, 6.45) is 1.85. The zero-order valence-corrected chi connectivity index (χ0v) is 11.6. The summed E-state index contributed by atoms with van der Waals surface area (Å²) in [6, 6.07) is 11.9. The Balaban J connectivity index is 1.91. The fourth-order valence-electron chi connectivity index (χ4n) is 2.28. The van der Waals surface area contributed by atoms with Gasteiger partial charge in [0.2, 0.25) is 10.0 Å². The molecule has 4 nitrogen and oxygen atoms in total. The Morgan fingerprint density at radius 2 is 1.84 bits per heavy atom. The Kier molecular flexibility index (Phi) is 4.56. The first-order valence-electron chi connectivity index (χ1n) is 6.53. The number of nitrogens with zero attached hydrogens (tertiary/aromatic N) is 2. The third kappa shape index (κ3) is 3.79. The highest BCUT2D eigenvalue weighted by Gasteiger charge is 2.27. The predicted octanol–water partition coefficient (Wildman–Crippen LogP) is 1.79. The summed E-state index contributed by atoms with van der Waals surface area (Å²) in [7, 11) is -3.19. The Labute approximate surface area is 114 Å². The number of rotatable bonds is 4. The minimum atomic E-state index is -3.19. The largest absolute Gasteiger partial charge is 0.214 e. The molecule has 1 aromatic carbocycles. The van der Waals surface area contributed by atoms with Crippen molar-refractivity contribution in [3.63, 3.8) is 0 Å². The maximum Gasteiger partial charge on any atom is 0.214 e. The molecule has 0 bridgehead atoms. The standard InChI is InChI=1S/C14H18N2O2S/c15-12-14-6-9-16(10-7-14)19(17,18)11-8-13-4-2-1-3-5-13/h1-5,14H,6-11H2. The van der Waals surface area contributed by atoms with Gasteiger partial charge in [-0.25, -0.2) is 12.7 Å². The van der Waals surface area contributed by atoms with E-state index in [0.717, 1.165) is 5.56 Å². The second-order valence-corrected chi connectivity index (χ2v) is 6.94. The molecule has 1 aliphatic rings. The summed E-state index contributed by atoms with van der Waals surface area (Å²) in [5, 5.41) is 8.81. The average molecular weight is 278 g/mol. The smallest absolute Gasteiger partial charge is 0.212 e. The van der Waals surface area contributed by atoms with Crippen molar-refractivity contribution in [3.05, 3.63) is 35.9 Å². The van der Waals surface area contributed by atoms with Gasteiger partial charge in [-0.05, 0) is 24.8 Å². The predicted molar refractivity (Wildman–Crippen MR) is 73.8 cm³/mol. The lowest BCUT2D eigenvalue weighted by molar-refractivity contribution is 0.310. The fraction of sp³-hybridized carbons (Fsp3) is 0.500. The Hall–Kier alpha value is -1.38. The minimum absolute atomic E-state index is 0.0144. The number of benzene rings is 1. The van der Waals surface area contributed by atoms with E-state index in [1.165, 1.54) is 4.31 Å². The van der Waals surface area contributed by atoms with Gasteiger partial charge in [-0.3, -0.25) is 0 Å². The molecule has 102 valence electrons. The average Bonchev–Trinajstić information content (AvgIpc) is 2.46. The second kappa shape index (κ2) is 6.18. The normalized spacial score (nSPS) is 18.1. The van der Waals surface area contributed by atoms with Crippen LogP contribution in [-0.4, -0.2) is 31.6 Å².